The van der Waals surface area contributed by atoms with Gasteiger partial charge in [0.05, 0.1) is 18.1 Å². The number of piperidine rings is 1. The van der Waals surface area contributed by atoms with E-state index in [-0.39, 0.29) is 11.8 Å². The molecule has 3 rings (SSSR count). The van der Waals surface area contributed by atoms with Crippen LogP contribution in [-0.2, 0) is 19.6 Å². The highest BCUT2D eigenvalue weighted by Gasteiger charge is 2.36. The third kappa shape index (κ3) is 4.30. The average Bonchev–Trinajstić information content (AvgIpc) is 2.85. The molecule has 0 spiro atoms. The lowest BCUT2D eigenvalue weighted by molar-refractivity contribution is -0.123. The zero-order chi connectivity index (χ0) is 19.6. The molecule has 1 atom stereocenters. The van der Waals surface area contributed by atoms with E-state index < -0.39 is 16.1 Å². The van der Waals surface area contributed by atoms with Gasteiger partial charge in [0.15, 0.2) is 0 Å². The molecule has 1 unspecified atom stereocenters. The fourth-order valence-corrected chi connectivity index (χ4v) is 4.26. The van der Waals surface area contributed by atoms with Gasteiger partial charge >= 0.3 is 0 Å². The molecular weight excluding hydrogens is 368 g/mol. The van der Waals surface area contributed by atoms with Crippen molar-refractivity contribution in [2.45, 2.75) is 44.6 Å². The topological polar surface area (TPSA) is 90.9 Å². The Bertz CT molecular complexity index is 809. The van der Waals surface area contributed by atoms with Gasteiger partial charge in [0.2, 0.25) is 21.8 Å². The molecule has 27 heavy (non-hydrogen) atoms. The van der Waals surface area contributed by atoms with Crippen molar-refractivity contribution in [1.82, 2.24) is 9.29 Å². The maximum Gasteiger partial charge on any atom is 0.246 e. The number of anilines is 2. The summed E-state index contributed by atoms with van der Waals surface area (Å²) >= 11 is 0. The lowest BCUT2D eigenvalue weighted by Crippen LogP contribution is -2.53. The summed E-state index contributed by atoms with van der Waals surface area (Å²) in [6.07, 6.45) is 7.40. The van der Waals surface area contributed by atoms with E-state index >= 15 is 0 Å². The normalized spacial score (nSPS) is 22.3. The Kier molecular flexibility index (Phi) is 5.81. The molecule has 0 saturated carbocycles. The monoisotopic (exact) mass is 394 g/mol. The van der Waals surface area contributed by atoms with Crippen molar-refractivity contribution in [3.05, 3.63) is 18.3 Å². The lowest BCUT2D eigenvalue weighted by atomic mass is 10.1. The van der Waals surface area contributed by atoms with Crippen molar-refractivity contribution >= 4 is 33.3 Å². The SMILES string of the molecule is CN(C1CCCN(c2ccc(N3CCCCCC3=O)cn2)C1=O)S(C)(=O)=O. The molecule has 0 aliphatic carbocycles. The van der Waals surface area contributed by atoms with E-state index in [9.17, 15) is 18.0 Å². The highest BCUT2D eigenvalue weighted by molar-refractivity contribution is 7.88. The van der Waals surface area contributed by atoms with Crippen LogP contribution in [0.2, 0.25) is 0 Å². The number of aromatic nitrogens is 1. The Morgan fingerprint density at radius 1 is 1.07 bits per heavy atom. The van der Waals surface area contributed by atoms with Gasteiger partial charge in [0, 0.05) is 26.6 Å². The molecule has 9 heteroatoms. The summed E-state index contributed by atoms with van der Waals surface area (Å²) < 4.78 is 24.7. The van der Waals surface area contributed by atoms with Crippen molar-refractivity contribution in [3.8, 4) is 0 Å². The minimum Gasteiger partial charge on any atom is -0.311 e. The van der Waals surface area contributed by atoms with Crippen molar-refractivity contribution in [3.63, 3.8) is 0 Å². The molecule has 2 saturated heterocycles. The second kappa shape index (κ2) is 7.93. The van der Waals surface area contributed by atoms with Crippen LogP contribution in [0.5, 0.6) is 0 Å². The van der Waals surface area contributed by atoms with Crippen molar-refractivity contribution in [2.24, 2.45) is 0 Å². The number of rotatable bonds is 4. The molecule has 8 nitrogen and oxygen atoms in total. The number of carbonyl (C=O) groups is 2. The second-order valence-electron chi connectivity index (χ2n) is 7.16. The average molecular weight is 394 g/mol. The smallest absolute Gasteiger partial charge is 0.246 e. The van der Waals surface area contributed by atoms with Crippen LogP contribution in [0, 0.1) is 0 Å². The molecule has 3 heterocycles. The van der Waals surface area contributed by atoms with Crippen molar-refractivity contribution < 1.29 is 18.0 Å². The third-order valence-electron chi connectivity index (χ3n) is 5.27. The molecule has 0 aromatic carbocycles. The van der Waals surface area contributed by atoms with Crippen LogP contribution in [0.3, 0.4) is 0 Å². The van der Waals surface area contributed by atoms with E-state index in [1.807, 2.05) is 6.07 Å². The molecular formula is C18H26N4O4S. The van der Waals surface area contributed by atoms with E-state index in [4.69, 9.17) is 0 Å². The number of carbonyl (C=O) groups excluding carboxylic acids is 2. The predicted octanol–water partition coefficient (Wildman–Crippen LogP) is 1.38. The van der Waals surface area contributed by atoms with Gasteiger partial charge in [-0.05, 0) is 37.8 Å². The van der Waals surface area contributed by atoms with Crippen LogP contribution in [0.25, 0.3) is 0 Å². The molecule has 2 aliphatic rings. The van der Waals surface area contributed by atoms with Gasteiger partial charge in [-0.1, -0.05) is 6.42 Å². The van der Waals surface area contributed by atoms with Gasteiger partial charge < -0.3 is 4.90 Å². The van der Waals surface area contributed by atoms with Crippen LogP contribution < -0.4 is 9.80 Å². The molecule has 2 aliphatic heterocycles. The summed E-state index contributed by atoms with van der Waals surface area (Å²) in [6, 6.07) is 2.83. The minimum absolute atomic E-state index is 0.103. The summed E-state index contributed by atoms with van der Waals surface area (Å²) in [4.78, 5) is 32.7. The first-order valence-electron chi connectivity index (χ1n) is 9.30. The highest BCUT2D eigenvalue weighted by Crippen LogP contribution is 2.26. The number of sulfonamides is 1. The molecule has 1 aromatic heterocycles. The predicted molar refractivity (Wildman–Crippen MR) is 103 cm³/mol. The Hall–Kier alpha value is -2.00. The molecule has 1 aromatic rings. The quantitative estimate of drug-likeness (QED) is 0.769. The Balaban J connectivity index is 1.78. The number of nitrogens with zero attached hydrogens (tertiary/aromatic N) is 4. The van der Waals surface area contributed by atoms with Gasteiger partial charge in [0.1, 0.15) is 11.9 Å². The Labute approximate surface area is 160 Å². The minimum atomic E-state index is -3.45. The van der Waals surface area contributed by atoms with E-state index in [2.05, 4.69) is 4.98 Å². The first kappa shape index (κ1) is 19.8. The molecule has 2 fully saturated rings. The Morgan fingerprint density at radius 2 is 1.81 bits per heavy atom. The lowest BCUT2D eigenvalue weighted by Gasteiger charge is -2.35. The largest absolute Gasteiger partial charge is 0.311 e. The van der Waals surface area contributed by atoms with Crippen LogP contribution >= 0.6 is 0 Å². The van der Waals surface area contributed by atoms with Gasteiger partial charge in [-0.25, -0.2) is 13.4 Å². The third-order valence-corrected chi connectivity index (χ3v) is 6.57. The van der Waals surface area contributed by atoms with E-state index in [0.717, 1.165) is 35.5 Å². The molecule has 0 N–H and O–H groups in total. The highest BCUT2D eigenvalue weighted by atomic mass is 32.2. The first-order chi connectivity index (χ1) is 12.8. The first-order valence-corrected chi connectivity index (χ1v) is 11.1. The molecule has 148 valence electrons. The second-order valence-corrected chi connectivity index (χ2v) is 9.20. The summed E-state index contributed by atoms with van der Waals surface area (Å²) in [5, 5.41) is 0. The van der Waals surface area contributed by atoms with Crippen LogP contribution in [0.1, 0.15) is 38.5 Å². The number of likely N-dealkylation sites (N-methyl/N-ethyl adjacent to an activating group) is 1. The van der Waals surface area contributed by atoms with Crippen LogP contribution in [0.15, 0.2) is 18.3 Å². The van der Waals surface area contributed by atoms with Crippen LogP contribution in [0.4, 0.5) is 11.5 Å². The van der Waals surface area contributed by atoms with Crippen molar-refractivity contribution in [2.75, 3.05) is 36.2 Å². The van der Waals surface area contributed by atoms with Gasteiger partial charge in [0.25, 0.3) is 0 Å². The van der Waals surface area contributed by atoms with E-state index in [1.54, 1.807) is 17.2 Å². The number of pyridine rings is 1. The molecule has 2 amide bonds. The number of hydrogen-bond acceptors (Lipinski definition) is 5. The Morgan fingerprint density at radius 3 is 2.48 bits per heavy atom. The fraction of sp³-hybridized carbons (Fsp3) is 0.611. The summed E-state index contributed by atoms with van der Waals surface area (Å²) in [7, 11) is -2.02. The fourth-order valence-electron chi connectivity index (χ4n) is 3.61. The molecule has 0 radical (unpaired) electrons. The number of hydrogen-bond donors (Lipinski definition) is 0. The van der Waals surface area contributed by atoms with Crippen molar-refractivity contribution in [1.29, 1.82) is 0 Å². The van der Waals surface area contributed by atoms with E-state index in [1.165, 1.54) is 11.9 Å². The molecule has 0 bridgehead atoms. The van der Waals surface area contributed by atoms with Gasteiger partial charge in [-0.15, -0.1) is 0 Å². The maximum absolute atomic E-state index is 12.8. The number of amides is 2. The van der Waals surface area contributed by atoms with Gasteiger partial charge in [-0.3, -0.25) is 14.5 Å². The maximum atomic E-state index is 12.8. The van der Waals surface area contributed by atoms with E-state index in [0.29, 0.717) is 38.2 Å². The summed E-state index contributed by atoms with van der Waals surface area (Å²) in [6.45, 7) is 1.19. The zero-order valence-corrected chi connectivity index (χ0v) is 16.6. The summed E-state index contributed by atoms with van der Waals surface area (Å²) in [5.41, 5.74) is 0.736. The zero-order valence-electron chi connectivity index (χ0n) is 15.8. The van der Waals surface area contributed by atoms with Gasteiger partial charge in [-0.2, -0.15) is 4.31 Å². The summed E-state index contributed by atoms with van der Waals surface area (Å²) in [5.74, 6) is 0.323. The standard InChI is InChI=1S/C18H26N4O4S/c1-20(27(2,25)26)15-7-6-12-22(18(15)24)16-10-9-14(13-19-16)21-11-5-3-4-8-17(21)23/h9-10,13,15H,3-8,11-12H2,1-2H3. The van der Waals surface area contributed by atoms with Crippen LogP contribution in [-0.4, -0.2) is 62.0 Å².